The van der Waals surface area contributed by atoms with Crippen molar-refractivity contribution in [2.45, 2.75) is 19.3 Å². The molecule has 58 heavy (non-hydrogen) atoms. The SMILES string of the molecule is C1=Cc2c(n(-c3ccccc3-c3ccc(N(C4=CCC5C=CC(c6ccccc6)=CC5=C4)c4cccc(-c5cccc6ccccc56)c4)cc3)c3ccccc23)CC1. The fraction of sp³-hybridized carbons (Fsp3) is 0.0714. The number of fused-ring (bicyclic) bond motifs is 5. The van der Waals surface area contributed by atoms with Gasteiger partial charge >= 0.3 is 0 Å². The summed E-state index contributed by atoms with van der Waals surface area (Å²) < 4.78 is 2.51. The van der Waals surface area contributed by atoms with Crippen LogP contribution < -0.4 is 4.90 Å². The summed E-state index contributed by atoms with van der Waals surface area (Å²) in [6.45, 7) is 0. The van der Waals surface area contributed by atoms with Gasteiger partial charge in [0.05, 0.1) is 11.2 Å². The first kappa shape index (κ1) is 34.1. The summed E-state index contributed by atoms with van der Waals surface area (Å²) in [6.07, 6.45) is 19.6. The quantitative estimate of drug-likeness (QED) is 0.158. The predicted octanol–water partition coefficient (Wildman–Crippen LogP) is 14.7. The van der Waals surface area contributed by atoms with Gasteiger partial charge in [-0.2, -0.15) is 0 Å². The van der Waals surface area contributed by atoms with Crippen molar-refractivity contribution < 1.29 is 0 Å². The van der Waals surface area contributed by atoms with Gasteiger partial charge in [0.2, 0.25) is 0 Å². The Bertz CT molecular complexity index is 3020. The van der Waals surface area contributed by atoms with E-state index in [-0.39, 0.29) is 0 Å². The zero-order valence-electron chi connectivity index (χ0n) is 32.3. The molecule has 0 amide bonds. The third kappa shape index (κ3) is 5.97. The Morgan fingerprint density at radius 2 is 1.29 bits per heavy atom. The van der Waals surface area contributed by atoms with Crippen molar-refractivity contribution in [1.82, 2.24) is 4.57 Å². The molecule has 1 atom stereocenters. The molecule has 276 valence electrons. The lowest BCUT2D eigenvalue weighted by Crippen LogP contribution is -2.19. The maximum Gasteiger partial charge on any atom is 0.0537 e. The molecule has 0 saturated heterocycles. The van der Waals surface area contributed by atoms with E-state index in [1.54, 1.807) is 0 Å². The molecule has 0 spiro atoms. The molecule has 1 heterocycles. The molecular formula is C56H42N2. The fourth-order valence-electron chi connectivity index (χ4n) is 9.36. The number of allylic oxidation sites excluding steroid dienone is 8. The fourth-order valence-corrected chi connectivity index (χ4v) is 9.36. The summed E-state index contributed by atoms with van der Waals surface area (Å²) in [5, 5.41) is 3.83. The maximum absolute atomic E-state index is 2.51. The van der Waals surface area contributed by atoms with Crippen molar-refractivity contribution in [1.29, 1.82) is 0 Å². The van der Waals surface area contributed by atoms with E-state index in [0.29, 0.717) is 5.92 Å². The number of rotatable bonds is 7. The highest BCUT2D eigenvalue weighted by Crippen LogP contribution is 2.42. The molecule has 1 unspecified atom stereocenters. The smallest absolute Gasteiger partial charge is 0.0537 e. The normalized spacial score (nSPS) is 15.7. The molecule has 2 heteroatoms. The minimum absolute atomic E-state index is 0.366. The zero-order chi connectivity index (χ0) is 38.4. The molecule has 1 aromatic heterocycles. The predicted molar refractivity (Wildman–Crippen MR) is 245 cm³/mol. The van der Waals surface area contributed by atoms with Gasteiger partial charge in [-0.3, -0.25) is 0 Å². The highest BCUT2D eigenvalue weighted by atomic mass is 15.1. The Morgan fingerprint density at radius 3 is 2.21 bits per heavy atom. The van der Waals surface area contributed by atoms with Gasteiger partial charge in [0.1, 0.15) is 0 Å². The third-order valence-corrected chi connectivity index (χ3v) is 12.2. The van der Waals surface area contributed by atoms with Crippen LogP contribution in [-0.2, 0) is 6.42 Å². The second kappa shape index (κ2) is 14.4. The Labute approximate surface area is 340 Å². The van der Waals surface area contributed by atoms with Crippen LogP contribution in [0.3, 0.4) is 0 Å². The van der Waals surface area contributed by atoms with Crippen LogP contribution in [-0.4, -0.2) is 4.57 Å². The molecule has 3 aliphatic rings. The number of anilines is 2. The van der Waals surface area contributed by atoms with Gasteiger partial charge in [0.25, 0.3) is 0 Å². The second-order valence-electron chi connectivity index (χ2n) is 15.6. The molecule has 0 N–H and O–H groups in total. The lowest BCUT2D eigenvalue weighted by Gasteiger charge is -2.31. The standard InChI is InChI=1S/C56H42N2/c1-2-14-39(15-3-1)43-29-28-40-30-35-48(38-45(40)36-43)57(47-19-12-18-44(37-47)50-24-13-17-41-16-4-5-20-49(41)50)46-33-31-42(32-34-46)51-21-6-9-25-54(51)58-55-26-10-7-22-52(55)53-23-8-11-27-56(53)58/h1-10,12-26,28-29,31-38,40H,11,27,30H2. The van der Waals surface area contributed by atoms with E-state index in [0.717, 1.165) is 30.6 Å². The van der Waals surface area contributed by atoms with Crippen molar-refractivity contribution in [3.8, 4) is 27.9 Å². The summed E-state index contributed by atoms with van der Waals surface area (Å²) in [4.78, 5) is 2.45. The summed E-state index contributed by atoms with van der Waals surface area (Å²) in [6, 6.07) is 62.1. The minimum atomic E-state index is 0.366. The molecule has 0 radical (unpaired) electrons. The van der Waals surface area contributed by atoms with E-state index in [2.05, 4.69) is 222 Å². The Hall–Kier alpha value is -7.16. The molecule has 0 saturated carbocycles. The van der Waals surface area contributed by atoms with Crippen LogP contribution in [0.1, 0.15) is 29.7 Å². The lowest BCUT2D eigenvalue weighted by molar-refractivity contribution is 0.770. The van der Waals surface area contributed by atoms with Gasteiger partial charge in [-0.15, -0.1) is 0 Å². The molecule has 3 aliphatic carbocycles. The van der Waals surface area contributed by atoms with Crippen LogP contribution in [0.2, 0.25) is 0 Å². The average Bonchev–Trinajstić information content (AvgIpc) is 3.63. The molecule has 0 fully saturated rings. The Morgan fingerprint density at radius 1 is 0.552 bits per heavy atom. The van der Waals surface area contributed by atoms with Gasteiger partial charge in [0, 0.05) is 45.2 Å². The van der Waals surface area contributed by atoms with Crippen LogP contribution in [0, 0.1) is 5.92 Å². The van der Waals surface area contributed by atoms with Gasteiger partial charge in [0.15, 0.2) is 0 Å². The number of para-hydroxylation sites is 2. The van der Waals surface area contributed by atoms with Crippen LogP contribution in [0.15, 0.2) is 218 Å². The monoisotopic (exact) mass is 742 g/mol. The van der Waals surface area contributed by atoms with E-state index in [1.807, 2.05) is 0 Å². The van der Waals surface area contributed by atoms with Crippen LogP contribution in [0.25, 0.3) is 61.3 Å². The first-order chi connectivity index (χ1) is 28.8. The second-order valence-corrected chi connectivity index (χ2v) is 15.6. The summed E-state index contributed by atoms with van der Waals surface area (Å²) in [5.41, 5.74) is 17.4. The average molecular weight is 743 g/mol. The summed E-state index contributed by atoms with van der Waals surface area (Å²) in [7, 11) is 0. The molecule has 8 aromatic rings. The molecule has 11 rings (SSSR count). The number of aromatic nitrogens is 1. The van der Waals surface area contributed by atoms with E-state index in [4.69, 9.17) is 0 Å². The van der Waals surface area contributed by atoms with Crippen LogP contribution in [0.4, 0.5) is 11.4 Å². The Kier molecular flexibility index (Phi) is 8.47. The topological polar surface area (TPSA) is 8.17 Å². The van der Waals surface area contributed by atoms with Crippen molar-refractivity contribution in [3.05, 3.63) is 234 Å². The third-order valence-electron chi connectivity index (χ3n) is 12.2. The number of hydrogen-bond acceptors (Lipinski definition) is 1. The lowest BCUT2D eigenvalue weighted by atomic mass is 9.83. The number of benzene rings is 7. The molecule has 0 bridgehead atoms. The van der Waals surface area contributed by atoms with Crippen molar-refractivity contribution >= 4 is 44.7 Å². The minimum Gasteiger partial charge on any atom is -0.312 e. The first-order valence-corrected chi connectivity index (χ1v) is 20.5. The highest BCUT2D eigenvalue weighted by molar-refractivity contribution is 5.98. The van der Waals surface area contributed by atoms with E-state index < -0.39 is 0 Å². The van der Waals surface area contributed by atoms with E-state index >= 15 is 0 Å². The summed E-state index contributed by atoms with van der Waals surface area (Å²) >= 11 is 0. The van der Waals surface area contributed by atoms with Crippen molar-refractivity contribution in [2.75, 3.05) is 4.90 Å². The van der Waals surface area contributed by atoms with E-state index in [9.17, 15) is 0 Å². The highest BCUT2D eigenvalue weighted by Gasteiger charge is 2.24. The van der Waals surface area contributed by atoms with Gasteiger partial charge in [-0.25, -0.2) is 0 Å². The molecule has 2 nitrogen and oxygen atoms in total. The first-order valence-electron chi connectivity index (χ1n) is 20.5. The number of hydrogen-bond donors (Lipinski definition) is 0. The maximum atomic E-state index is 2.51. The van der Waals surface area contributed by atoms with Crippen molar-refractivity contribution in [2.24, 2.45) is 5.92 Å². The number of nitrogens with zero attached hydrogens (tertiary/aromatic N) is 2. The van der Waals surface area contributed by atoms with Crippen molar-refractivity contribution in [3.63, 3.8) is 0 Å². The Balaban J connectivity index is 1.03. The van der Waals surface area contributed by atoms with Crippen LogP contribution in [0.5, 0.6) is 0 Å². The van der Waals surface area contributed by atoms with Crippen LogP contribution >= 0.6 is 0 Å². The molecule has 0 aliphatic heterocycles. The van der Waals surface area contributed by atoms with Gasteiger partial charge in [-0.05, 0) is 106 Å². The van der Waals surface area contributed by atoms with E-state index in [1.165, 1.54) is 83.3 Å². The van der Waals surface area contributed by atoms with Gasteiger partial charge in [-0.1, -0.05) is 170 Å². The summed E-state index contributed by atoms with van der Waals surface area (Å²) in [5.74, 6) is 0.366. The molecule has 7 aromatic carbocycles. The largest absolute Gasteiger partial charge is 0.312 e. The van der Waals surface area contributed by atoms with Gasteiger partial charge < -0.3 is 9.47 Å². The molecular weight excluding hydrogens is 701 g/mol. The zero-order valence-corrected chi connectivity index (χ0v) is 32.3.